The molecule has 4 aromatic rings. The maximum atomic E-state index is 13.1. The monoisotopic (exact) mass is 317 g/mol. The predicted molar refractivity (Wildman–Crippen MR) is 95.1 cm³/mol. The molecule has 118 valence electrons. The predicted octanol–water partition coefficient (Wildman–Crippen LogP) is 4.91. The Hall–Kier alpha value is -3.14. The van der Waals surface area contributed by atoms with Crippen LogP contribution < -0.4 is 4.90 Å². The molecule has 0 saturated carbocycles. The maximum absolute atomic E-state index is 13.1. The van der Waals surface area contributed by atoms with Crippen LogP contribution in [0, 0.1) is 5.82 Å². The number of hydrogen-bond acceptors (Lipinski definition) is 2. The third-order valence-electron chi connectivity index (χ3n) is 4.11. The number of nitrogens with zero attached hydrogens (tertiary/aromatic N) is 3. The average molecular weight is 317 g/mol. The third kappa shape index (κ3) is 2.63. The van der Waals surface area contributed by atoms with E-state index in [1.807, 2.05) is 54.2 Å². The van der Waals surface area contributed by atoms with Gasteiger partial charge in [0.1, 0.15) is 11.5 Å². The third-order valence-corrected chi connectivity index (χ3v) is 4.11. The summed E-state index contributed by atoms with van der Waals surface area (Å²) in [5.41, 5.74) is 4.78. The Labute approximate surface area is 139 Å². The fourth-order valence-corrected chi connectivity index (χ4v) is 2.74. The van der Waals surface area contributed by atoms with E-state index >= 15 is 0 Å². The van der Waals surface area contributed by atoms with Crippen LogP contribution in [0.1, 0.15) is 0 Å². The minimum Gasteiger partial charge on any atom is -0.343 e. The zero-order chi connectivity index (χ0) is 16.5. The summed E-state index contributed by atoms with van der Waals surface area (Å²) in [5, 5.41) is 0. The van der Waals surface area contributed by atoms with E-state index in [0.717, 1.165) is 28.3 Å². The van der Waals surface area contributed by atoms with Crippen LogP contribution in [0.4, 0.5) is 15.8 Å². The molecule has 2 aromatic carbocycles. The first-order valence-corrected chi connectivity index (χ1v) is 7.74. The van der Waals surface area contributed by atoms with Crippen molar-refractivity contribution in [3.8, 4) is 11.3 Å². The summed E-state index contributed by atoms with van der Waals surface area (Å²) in [6.07, 6.45) is 4.01. The Bertz CT molecular complexity index is 975. The second kappa shape index (κ2) is 5.81. The summed E-state index contributed by atoms with van der Waals surface area (Å²) in [6, 6.07) is 20.6. The number of para-hydroxylation sites is 1. The topological polar surface area (TPSA) is 20.5 Å². The van der Waals surface area contributed by atoms with Gasteiger partial charge in [0.15, 0.2) is 0 Å². The van der Waals surface area contributed by atoms with Crippen LogP contribution in [0.3, 0.4) is 0 Å². The van der Waals surface area contributed by atoms with Crippen LogP contribution in [-0.2, 0) is 0 Å². The highest BCUT2D eigenvalue weighted by Crippen LogP contribution is 2.25. The molecule has 2 aromatic heterocycles. The molecule has 0 aliphatic carbocycles. The number of pyridine rings is 1. The van der Waals surface area contributed by atoms with Crippen molar-refractivity contribution in [2.75, 3.05) is 11.9 Å². The van der Waals surface area contributed by atoms with Gasteiger partial charge in [0, 0.05) is 30.7 Å². The van der Waals surface area contributed by atoms with Crippen LogP contribution in [-0.4, -0.2) is 16.4 Å². The number of imidazole rings is 1. The molecular weight excluding hydrogens is 301 g/mol. The molecule has 4 heteroatoms. The number of hydrogen-bond donors (Lipinski definition) is 0. The molecule has 0 aliphatic heterocycles. The quantitative estimate of drug-likeness (QED) is 0.535. The molecule has 4 rings (SSSR count). The second-order valence-electron chi connectivity index (χ2n) is 5.68. The Balaban J connectivity index is 1.72. The highest BCUT2D eigenvalue weighted by Gasteiger charge is 2.08. The fourth-order valence-electron chi connectivity index (χ4n) is 2.74. The van der Waals surface area contributed by atoms with Gasteiger partial charge in [-0.05, 0) is 48.5 Å². The number of halogens is 1. The van der Waals surface area contributed by atoms with Gasteiger partial charge in [-0.2, -0.15) is 0 Å². The van der Waals surface area contributed by atoms with Crippen LogP contribution in [0.2, 0.25) is 0 Å². The zero-order valence-electron chi connectivity index (χ0n) is 13.2. The lowest BCUT2D eigenvalue weighted by Crippen LogP contribution is -2.09. The van der Waals surface area contributed by atoms with Crippen molar-refractivity contribution in [3.63, 3.8) is 0 Å². The Morgan fingerprint density at radius 3 is 2.33 bits per heavy atom. The molecule has 0 atom stereocenters. The smallest absolute Gasteiger partial charge is 0.137 e. The molecule has 0 radical (unpaired) electrons. The lowest BCUT2D eigenvalue weighted by atomic mass is 10.2. The number of benzene rings is 2. The lowest BCUT2D eigenvalue weighted by molar-refractivity contribution is 0.628. The van der Waals surface area contributed by atoms with E-state index in [9.17, 15) is 4.39 Å². The zero-order valence-corrected chi connectivity index (χ0v) is 13.2. The minimum atomic E-state index is -0.241. The van der Waals surface area contributed by atoms with Crippen molar-refractivity contribution in [2.45, 2.75) is 0 Å². The average Bonchev–Trinajstić information content (AvgIpc) is 3.05. The summed E-state index contributed by atoms with van der Waals surface area (Å²) in [6.45, 7) is 0. The van der Waals surface area contributed by atoms with Gasteiger partial charge in [0.05, 0.1) is 11.4 Å². The fraction of sp³-hybridized carbons (Fsp3) is 0.0500. The molecule has 0 amide bonds. The molecule has 0 bridgehead atoms. The molecule has 0 spiro atoms. The highest BCUT2D eigenvalue weighted by molar-refractivity contribution is 5.66. The molecule has 0 aliphatic rings. The normalized spacial score (nSPS) is 10.9. The number of rotatable bonds is 3. The van der Waals surface area contributed by atoms with Crippen molar-refractivity contribution in [2.24, 2.45) is 0 Å². The maximum Gasteiger partial charge on any atom is 0.137 e. The molecular formula is C20H16FN3. The van der Waals surface area contributed by atoms with Crippen LogP contribution in [0.15, 0.2) is 79.1 Å². The molecule has 0 N–H and O–H groups in total. The Morgan fingerprint density at radius 1 is 0.833 bits per heavy atom. The van der Waals surface area contributed by atoms with Gasteiger partial charge in [-0.15, -0.1) is 0 Å². The molecule has 0 unspecified atom stereocenters. The van der Waals surface area contributed by atoms with Gasteiger partial charge in [-0.25, -0.2) is 9.37 Å². The number of aromatic nitrogens is 2. The summed E-state index contributed by atoms with van der Waals surface area (Å²) in [5.74, 6) is -0.241. The molecule has 3 nitrogen and oxygen atoms in total. The van der Waals surface area contributed by atoms with Gasteiger partial charge in [-0.1, -0.05) is 18.2 Å². The number of anilines is 2. The second-order valence-corrected chi connectivity index (χ2v) is 5.68. The van der Waals surface area contributed by atoms with E-state index in [4.69, 9.17) is 0 Å². The van der Waals surface area contributed by atoms with Crippen molar-refractivity contribution in [1.29, 1.82) is 0 Å². The summed E-state index contributed by atoms with van der Waals surface area (Å²) in [7, 11) is 2.04. The first-order valence-electron chi connectivity index (χ1n) is 7.74. The van der Waals surface area contributed by atoms with Crippen molar-refractivity contribution >= 4 is 17.0 Å². The SMILES string of the molecule is CN(c1ccccc1)c1ccc2nc(-c3ccc(F)cc3)cn2c1. The molecule has 2 heterocycles. The van der Waals surface area contributed by atoms with Crippen molar-refractivity contribution in [1.82, 2.24) is 9.38 Å². The Morgan fingerprint density at radius 2 is 1.58 bits per heavy atom. The standard InChI is InChI=1S/C20H16FN3/c1-23(17-5-3-2-4-6-17)18-11-12-20-22-19(14-24(20)13-18)15-7-9-16(21)10-8-15/h2-14H,1H3. The molecule has 24 heavy (non-hydrogen) atoms. The Kier molecular flexibility index (Phi) is 3.50. The lowest BCUT2D eigenvalue weighted by Gasteiger charge is -2.19. The molecule has 0 fully saturated rings. The van der Waals surface area contributed by atoms with Crippen LogP contribution in [0.5, 0.6) is 0 Å². The van der Waals surface area contributed by atoms with E-state index in [2.05, 4.69) is 22.0 Å². The van der Waals surface area contributed by atoms with Gasteiger partial charge in [-0.3, -0.25) is 0 Å². The van der Waals surface area contributed by atoms with E-state index < -0.39 is 0 Å². The number of fused-ring (bicyclic) bond motifs is 1. The van der Waals surface area contributed by atoms with E-state index in [1.54, 1.807) is 12.1 Å². The van der Waals surface area contributed by atoms with Gasteiger partial charge < -0.3 is 9.30 Å². The highest BCUT2D eigenvalue weighted by atomic mass is 19.1. The first-order chi connectivity index (χ1) is 11.7. The van der Waals surface area contributed by atoms with E-state index in [0.29, 0.717) is 0 Å². The summed E-state index contributed by atoms with van der Waals surface area (Å²) >= 11 is 0. The summed E-state index contributed by atoms with van der Waals surface area (Å²) in [4.78, 5) is 6.73. The van der Waals surface area contributed by atoms with Crippen molar-refractivity contribution in [3.05, 3.63) is 84.9 Å². The van der Waals surface area contributed by atoms with Crippen molar-refractivity contribution < 1.29 is 4.39 Å². The van der Waals surface area contributed by atoms with E-state index in [1.165, 1.54) is 12.1 Å². The van der Waals surface area contributed by atoms with Crippen LogP contribution >= 0.6 is 0 Å². The van der Waals surface area contributed by atoms with Gasteiger partial charge >= 0.3 is 0 Å². The molecule has 0 saturated heterocycles. The minimum absolute atomic E-state index is 0.241. The summed E-state index contributed by atoms with van der Waals surface area (Å²) < 4.78 is 15.1. The van der Waals surface area contributed by atoms with E-state index in [-0.39, 0.29) is 5.82 Å². The van der Waals surface area contributed by atoms with Gasteiger partial charge in [0.2, 0.25) is 0 Å². The largest absolute Gasteiger partial charge is 0.343 e. The van der Waals surface area contributed by atoms with Crippen LogP contribution in [0.25, 0.3) is 16.9 Å². The van der Waals surface area contributed by atoms with Gasteiger partial charge in [0.25, 0.3) is 0 Å². The first kappa shape index (κ1) is 14.5.